The number of carbonyl (C=O) groups excluding carboxylic acids is 1. The van der Waals surface area contributed by atoms with Crippen LogP contribution in [0.5, 0.6) is 0 Å². The second-order valence-corrected chi connectivity index (χ2v) is 9.86. The quantitative estimate of drug-likeness (QED) is 0.746. The van der Waals surface area contributed by atoms with Gasteiger partial charge in [0.2, 0.25) is 15.9 Å². The average molecular weight is 433 g/mol. The molecule has 1 aliphatic heterocycles. The first kappa shape index (κ1) is 22.1. The molecule has 2 atom stereocenters. The fourth-order valence-electron chi connectivity index (χ4n) is 4.08. The summed E-state index contributed by atoms with van der Waals surface area (Å²) in [6, 6.07) is 6.05. The average Bonchev–Trinajstić information content (AvgIpc) is 3.22. The lowest BCUT2D eigenvalue weighted by molar-refractivity contribution is -0.184. The summed E-state index contributed by atoms with van der Waals surface area (Å²) in [5.74, 6) is -1.61. The number of halogens is 3. The molecule has 0 bridgehead atoms. The van der Waals surface area contributed by atoms with Crippen LogP contribution in [0, 0.1) is 5.92 Å². The molecule has 1 amide bonds. The van der Waals surface area contributed by atoms with E-state index in [1.165, 1.54) is 4.31 Å². The molecule has 1 heterocycles. The molecule has 3 rings (SSSR count). The Hall–Kier alpha value is -1.61. The molecule has 29 heavy (non-hydrogen) atoms. The first-order chi connectivity index (χ1) is 13.7. The Morgan fingerprint density at radius 3 is 2.34 bits per heavy atom. The Kier molecular flexibility index (Phi) is 6.88. The topological polar surface area (TPSA) is 66.5 Å². The van der Waals surface area contributed by atoms with E-state index in [0.29, 0.717) is 32.4 Å². The van der Waals surface area contributed by atoms with Crippen LogP contribution in [0.4, 0.5) is 13.2 Å². The van der Waals surface area contributed by atoms with E-state index >= 15 is 0 Å². The summed E-state index contributed by atoms with van der Waals surface area (Å²) in [4.78, 5) is 12.4. The van der Waals surface area contributed by atoms with Crippen LogP contribution in [-0.4, -0.2) is 43.9 Å². The molecule has 1 aromatic carbocycles. The number of amides is 1. The normalized spacial score (nSPS) is 23.8. The molecule has 1 aliphatic carbocycles. The van der Waals surface area contributed by atoms with Crippen LogP contribution in [0.3, 0.4) is 0 Å². The highest BCUT2D eigenvalue weighted by Crippen LogP contribution is 2.37. The van der Waals surface area contributed by atoms with E-state index in [1.807, 2.05) is 0 Å². The molecule has 1 saturated carbocycles. The largest absolute Gasteiger partial charge is 0.391 e. The van der Waals surface area contributed by atoms with Crippen molar-refractivity contribution in [3.05, 3.63) is 29.8 Å². The zero-order chi connectivity index (χ0) is 21.1. The van der Waals surface area contributed by atoms with E-state index in [0.717, 1.165) is 18.4 Å². The van der Waals surface area contributed by atoms with E-state index in [2.05, 4.69) is 5.32 Å². The standard InChI is InChI=1S/C20H27F3N2O3S/c21-20(22,23)16-4-3-5-17(14-16)24-19(26)11-8-15-6-9-18(10-7-15)29(27,28)25-12-1-2-13-25/h6-7,9-10,16-17H,1-5,8,11-14H2,(H,24,26). The molecule has 1 saturated heterocycles. The molecule has 2 aliphatic rings. The van der Waals surface area contributed by atoms with E-state index in [1.54, 1.807) is 24.3 Å². The van der Waals surface area contributed by atoms with Crippen molar-refractivity contribution in [1.82, 2.24) is 9.62 Å². The number of carbonyl (C=O) groups is 1. The van der Waals surface area contributed by atoms with Crippen LogP contribution in [0.1, 0.15) is 50.5 Å². The van der Waals surface area contributed by atoms with Gasteiger partial charge in [0.25, 0.3) is 0 Å². The monoisotopic (exact) mass is 432 g/mol. The molecule has 5 nitrogen and oxygen atoms in total. The van der Waals surface area contributed by atoms with E-state index in [4.69, 9.17) is 0 Å². The molecular weight excluding hydrogens is 405 g/mol. The van der Waals surface area contributed by atoms with Gasteiger partial charge in [0.1, 0.15) is 0 Å². The van der Waals surface area contributed by atoms with Crippen molar-refractivity contribution in [2.45, 2.75) is 68.5 Å². The summed E-state index contributed by atoms with van der Waals surface area (Å²) in [6.45, 7) is 1.08. The van der Waals surface area contributed by atoms with Crippen molar-refractivity contribution in [1.29, 1.82) is 0 Å². The number of nitrogens with one attached hydrogen (secondary N) is 1. The lowest BCUT2D eigenvalue weighted by Crippen LogP contribution is -2.41. The summed E-state index contributed by atoms with van der Waals surface area (Å²) in [7, 11) is -3.46. The molecule has 1 aromatic rings. The van der Waals surface area contributed by atoms with Gasteiger partial charge in [-0.1, -0.05) is 18.6 Å². The van der Waals surface area contributed by atoms with E-state index in [9.17, 15) is 26.4 Å². The highest BCUT2D eigenvalue weighted by Gasteiger charge is 2.42. The highest BCUT2D eigenvalue weighted by molar-refractivity contribution is 7.89. The number of nitrogens with zero attached hydrogens (tertiary/aromatic N) is 1. The first-order valence-electron chi connectivity index (χ1n) is 10.1. The third-order valence-corrected chi connectivity index (χ3v) is 7.68. The molecule has 0 aromatic heterocycles. The van der Waals surface area contributed by atoms with Crippen molar-refractivity contribution in [3.63, 3.8) is 0 Å². The maximum Gasteiger partial charge on any atom is 0.391 e. The van der Waals surface area contributed by atoms with Crippen molar-refractivity contribution >= 4 is 15.9 Å². The minimum atomic E-state index is -4.21. The highest BCUT2D eigenvalue weighted by atomic mass is 32.2. The molecule has 1 N–H and O–H groups in total. The maximum atomic E-state index is 12.9. The van der Waals surface area contributed by atoms with Crippen LogP contribution < -0.4 is 5.32 Å². The molecule has 2 fully saturated rings. The van der Waals surface area contributed by atoms with Gasteiger partial charge in [0.05, 0.1) is 10.8 Å². The predicted molar refractivity (Wildman–Crippen MR) is 103 cm³/mol. The van der Waals surface area contributed by atoms with Gasteiger partial charge in [-0.15, -0.1) is 0 Å². The molecular formula is C20H27F3N2O3S. The SMILES string of the molecule is O=C(CCc1ccc(S(=O)(=O)N2CCCC2)cc1)NC1CCCC(C(F)(F)F)C1. The lowest BCUT2D eigenvalue weighted by Gasteiger charge is -2.31. The zero-order valence-corrected chi connectivity index (χ0v) is 17.1. The number of alkyl halides is 3. The molecule has 0 spiro atoms. The van der Waals surface area contributed by atoms with Crippen LogP contribution in [0.2, 0.25) is 0 Å². The maximum absolute atomic E-state index is 12.9. The number of rotatable bonds is 6. The number of benzene rings is 1. The van der Waals surface area contributed by atoms with Crippen molar-refractivity contribution in [3.8, 4) is 0 Å². The lowest BCUT2D eigenvalue weighted by atomic mass is 9.85. The molecule has 0 radical (unpaired) electrons. The van der Waals surface area contributed by atoms with E-state index < -0.39 is 28.2 Å². The summed E-state index contributed by atoms with van der Waals surface area (Å²) < 4.78 is 65.1. The zero-order valence-electron chi connectivity index (χ0n) is 16.2. The Morgan fingerprint density at radius 2 is 1.72 bits per heavy atom. The fourth-order valence-corrected chi connectivity index (χ4v) is 5.60. The number of sulfonamides is 1. The second kappa shape index (κ2) is 9.04. The van der Waals surface area contributed by atoms with Crippen LogP contribution in [-0.2, 0) is 21.2 Å². The summed E-state index contributed by atoms with van der Waals surface area (Å²) in [5.41, 5.74) is 0.817. The van der Waals surface area contributed by atoms with Crippen LogP contribution in [0.15, 0.2) is 29.2 Å². The Labute approximate surface area is 169 Å². The summed E-state index contributed by atoms with van der Waals surface area (Å²) >= 11 is 0. The third kappa shape index (κ3) is 5.72. The van der Waals surface area contributed by atoms with Crippen molar-refractivity contribution in [2.75, 3.05) is 13.1 Å². The molecule has 9 heteroatoms. The van der Waals surface area contributed by atoms with Gasteiger partial charge < -0.3 is 5.32 Å². The van der Waals surface area contributed by atoms with Gasteiger partial charge >= 0.3 is 6.18 Å². The van der Waals surface area contributed by atoms with Crippen LogP contribution in [0.25, 0.3) is 0 Å². The first-order valence-corrected chi connectivity index (χ1v) is 11.6. The van der Waals surface area contributed by atoms with Crippen molar-refractivity contribution < 1.29 is 26.4 Å². The number of hydrogen-bond donors (Lipinski definition) is 1. The number of hydrogen-bond acceptors (Lipinski definition) is 3. The van der Waals surface area contributed by atoms with Gasteiger partial charge in [-0.3, -0.25) is 4.79 Å². The molecule has 2 unspecified atom stereocenters. The summed E-state index contributed by atoms with van der Waals surface area (Å²) in [5, 5.41) is 2.72. The smallest absolute Gasteiger partial charge is 0.353 e. The predicted octanol–water partition coefficient (Wildman–Crippen LogP) is 3.64. The van der Waals surface area contributed by atoms with Gasteiger partial charge in [0.15, 0.2) is 0 Å². The van der Waals surface area contributed by atoms with Crippen LogP contribution >= 0.6 is 0 Å². The second-order valence-electron chi connectivity index (χ2n) is 7.92. The Bertz CT molecular complexity index is 803. The Morgan fingerprint density at radius 1 is 1.07 bits per heavy atom. The molecule has 162 valence electrons. The fraction of sp³-hybridized carbons (Fsp3) is 0.650. The van der Waals surface area contributed by atoms with Gasteiger partial charge in [0, 0.05) is 25.6 Å². The number of aryl methyl sites for hydroxylation is 1. The van der Waals surface area contributed by atoms with Crippen molar-refractivity contribution in [2.24, 2.45) is 5.92 Å². The van der Waals surface area contributed by atoms with Gasteiger partial charge in [-0.25, -0.2) is 8.42 Å². The van der Waals surface area contributed by atoms with E-state index in [-0.39, 0.29) is 30.1 Å². The van der Waals surface area contributed by atoms with Gasteiger partial charge in [-0.2, -0.15) is 17.5 Å². The third-order valence-electron chi connectivity index (χ3n) is 5.77. The Balaban J connectivity index is 1.49. The van der Waals surface area contributed by atoms with Gasteiger partial charge in [-0.05, 0) is 56.2 Å². The summed E-state index contributed by atoms with van der Waals surface area (Å²) in [6.07, 6.45) is -0.796. The minimum absolute atomic E-state index is 0.0572. The minimum Gasteiger partial charge on any atom is -0.353 e.